The standard InChI is InChI=1S/C13H14FN3O3S/c1-8-6-10(20-2)11(7-9(8)15)21(18,19)17-13-5-3-4-12(14)16-13/h3-7H,15H2,1-2H3,(H,16,17). The van der Waals surface area contributed by atoms with E-state index in [0.717, 1.165) is 6.07 Å². The van der Waals surface area contributed by atoms with Gasteiger partial charge in [-0.2, -0.15) is 4.39 Å². The molecule has 2 rings (SSSR count). The molecule has 2 aromatic rings. The molecule has 0 saturated heterocycles. The zero-order valence-electron chi connectivity index (χ0n) is 11.4. The predicted octanol–water partition coefficient (Wildman–Crippen LogP) is 1.92. The van der Waals surface area contributed by atoms with E-state index < -0.39 is 16.0 Å². The van der Waals surface area contributed by atoms with E-state index in [1.807, 2.05) is 0 Å². The number of rotatable bonds is 4. The molecule has 0 fully saturated rings. The van der Waals surface area contributed by atoms with Crippen LogP contribution >= 0.6 is 0 Å². The van der Waals surface area contributed by atoms with E-state index in [9.17, 15) is 12.8 Å². The molecule has 0 unspecified atom stereocenters. The van der Waals surface area contributed by atoms with Crippen molar-refractivity contribution in [1.82, 2.24) is 4.98 Å². The van der Waals surface area contributed by atoms with Gasteiger partial charge in [-0.3, -0.25) is 4.72 Å². The highest BCUT2D eigenvalue weighted by atomic mass is 32.2. The first-order valence-corrected chi connectivity index (χ1v) is 7.41. The van der Waals surface area contributed by atoms with Crippen LogP contribution in [0.2, 0.25) is 0 Å². The number of sulfonamides is 1. The second-order valence-electron chi connectivity index (χ2n) is 4.31. The van der Waals surface area contributed by atoms with Gasteiger partial charge in [-0.1, -0.05) is 6.07 Å². The number of aromatic nitrogens is 1. The highest BCUT2D eigenvalue weighted by Gasteiger charge is 2.21. The largest absolute Gasteiger partial charge is 0.495 e. The van der Waals surface area contributed by atoms with Gasteiger partial charge >= 0.3 is 0 Å². The lowest BCUT2D eigenvalue weighted by molar-refractivity contribution is 0.402. The Bertz CT molecular complexity index is 778. The average molecular weight is 311 g/mol. The number of benzene rings is 1. The van der Waals surface area contributed by atoms with Crippen LogP contribution in [0.1, 0.15) is 5.56 Å². The molecule has 3 N–H and O–H groups in total. The summed E-state index contributed by atoms with van der Waals surface area (Å²) >= 11 is 0. The minimum atomic E-state index is -4.00. The van der Waals surface area contributed by atoms with Crippen molar-refractivity contribution in [1.29, 1.82) is 0 Å². The van der Waals surface area contributed by atoms with E-state index in [4.69, 9.17) is 10.5 Å². The van der Waals surface area contributed by atoms with Crippen molar-refractivity contribution in [3.8, 4) is 5.75 Å². The quantitative estimate of drug-likeness (QED) is 0.664. The van der Waals surface area contributed by atoms with Gasteiger partial charge in [-0.25, -0.2) is 13.4 Å². The number of hydrogen-bond acceptors (Lipinski definition) is 5. The van der Waals surface area contributed by atoms with Crippen LogP contribution < -0.4 is 15.2 Å². The summed E-state index contributed by atoms with van der Waals surface area (Å²) in [6, 6.07) is 6.60. The van der Waals surface area contributed by atoms with Crippen LogP contribution in [0.4, 0.5) is 15.9 Å². The fourth-order valence-electron chi connectivity index (χ4n) is 1.70. The highest BCUT2D eigenvalue weighted by molar-refractivity contribution is 7.92. The van der Waals surface area contributed by atoms with Crippen LogP contribution in [-0.2, 0) is 10.0 Å². The normalized spacial score (nSPS) is 11.2. The summed E-state index contributed by atoms with van der Waals surface area (Å²) in [5.41, 5.74) is 6.73. The van der Waals surface area contributed by atoms with Crippen molar-refractivity contribution < 1.29 is 17.5 Å². The van der Waals surface area contributed by atoms with Crippen molar-refractivity contribution in [2.75, 3.05) is 17.6 Å². The maximum absolute atomic E-state index is 13.0. The molecule has 0 aliphatic heterocycles. The number of hydrogen-bond donors (Lipinski definition) is 2. The Hall–Kier alpha value is -2.35. The number of pyridine rings is 1. The first kappa shape index (κ1) is 15.0. The number of nitrogen functional groups attached to an aromatic ring is 1. The van der Waals surface area contributed by atoms with Crippen molar-refractivity contribution in [3.63, 3.8) is 0 Å². The van der Waals surface area contributed by atoms with Crippen LogP contribution in [0, 0.1) is 12.9 Å². The molecule has 0 amide bonds. The third-order valence-electron chi connectivity index (χ3n) is 2.80. The molecule has 0 aliphatic rings. The van der Waals surface area contributed by atoms with E-state index in [1.54, 1.807) is 6.92 Å². The van der Waals surface area contributed by atoms with Crippen molar-refractivity contribution in [2.24, 2.45) is 0 Å². The van der Waals surface area contributed by atoms with Crippen LogP contribution in [0.5, 0.6) is 5.75 Å². The number of anilines is 2. The smallest absolute Gasteiger partial charge is 0.266 e. The molecule has 1 aromatic carbocycles. The number of nitrogens with two attached hydrogens (primary N) is 1. The summed E-state index contributed by atoms with van der Waals surface area (Å²) in [6.45, 7) is 1.73. The molecule has 0 aliphatic carbocycles. The molecule has 6 nitrogen and oxygen atoms in total. The van der Waals surface area contributed by atoms with Gasteiger partial charge in [0.05, 0.1) is 7.11 Å². The van der Waals surface area contributed by atoms with E-state index in [1.165, 1.54) is 31.4 Å². The van der Waals surface area contributed by atoms with E-state index in [0.29, 0.717) is 11.3 Å². The average Bonchev–Trinajstić information content (AvgIpc) is 2.40. The molecule has 0 spiro atoms. The second kappa shape index (κ2) is 5.57. The third-order valence-corrected chi connectivity index (χ3v) is 4.17. The maximum atomic E-state index is 13.0. The summed E-state index contributed by atoms with van der Waals surface area (Å²) in [5, 5.41) is 0. The molecular weight excluding hydrogens is 297 g/mol. The molecule has 0 radical (unpaired) electrons. The molecule has 0 atom stereocenters. The Kier molecular flexibility index (Phi) is 3.99. The fraction of sp³-hybridized carbons (Fsp3) is 0.154. The molecule has 0 saturated carbocycles. The van der Waals surface area contributed by atoms with Gasteiger partial charge in [0.1, 0.15) is 16.5 Å². The zero-order chi connectivity index (χ0) is 15.6. The summed E-state index contributed by atoms with van der Waals surface area (Å²) in [7, 11) is -2.64. The van der Waals surface area contributed by atoms with Crippen LogP contribution in [0.15, 0.2) is 35.2 Å². The topological polar surface area (TPSA) is 94.3 Å². The molecule has 0 bridgehead atoms. The molecular formula is C13H14FN3O3S. The summed E-state index contributed by atoms with van der Waals surface area (Å²) < 4.78 is 45.0. The fourth-order valence-corrected chi connectivity index (χ4v) is 2.89. The lowest BCUT2D eigenvalue weighted by Crippen LogP contribution is -2.16. The Morgan fingerprint density at radius 3 is 2.67 bits per heavy atom. The number of aryl methyl sites for hydroxylation is 1. The van der Waals surface area contributed by atoms with Gasteiger partial charge in [0, 0.05) is 5.69 Å². The van der Waals surface area contributed by atoms with Crippen LogP contribution in [-0.4, -0.2) is 20.5 Å². The Balaban J connectivity index is 2.47. The summed E-state index contributed by atoms with van der Waals surface area (Å²) in [4.78, 5) is 3.31. The molecule has 112 valence electrons. The van der Waals surface area contributed by atoms with E-state index in [2.05, 4.69) is 9.71 Å². The Morgan fingerprint density at radius 1 is 1.33 bits per heavy atom. The number of nitrogens with zero attached hydrogens (tertiary/aromatic N) is 1. The minimum Gasteiger partial charge on any atom is -0.495 e. The van der Waals surface area contributed by atoms with E-state index in [-0.39, 0.29) is 16.5 Å². The van der Waals surface area contributed by atoms with Gasteiger partial charge < -0.3 is 10.5 Å². The minimum absolute atomic E-state index is 0.129. The van der Waals surface area contributed by atoms with E-state index >= 15 is 0 Å². The lowest BCUT2D eigenvalue weighted by Gasteiger charge is -2.13. The second-order valence-corrected chi connectivity index (χ2v) is 5.96. The predicted molar refractivity (Wildman–Crippen MR) is 77.1 cm³/mol. The summed E-state index contributed by atoms with van der Waals surface area (Å²) in [6.07, 6.45) is 0. The molecule has 8 heteroatoms. The molecule has 1 aromatic heterocycles. The van der Waals surface area contributed by atoms with Gasteiger partial charge in [0.15, 0.2) is 0 Å². The third kappa shape index (κ3) is 3.22. The lowest BCUT2D eigenvalue weighted by atomic mass is 10.2. The molecule has 1 heterocycles. The number of nitrogens with one attached hydrogen (secondary N) is 1. The van der Waals surface area contributed by atoms with Crippen LogP contribution in [0.3, 0.4) is 0 Å². The van der Waals surface area contributed by atoms with Gasteiger partial charge in [0.2, 0.25) is 5.95 Å². The van der Waals surface area contributed by atoms with Gasteiger partial charge in [0.25, 0.3) is 10.0 Å². The van der Waals surface area contributed by atoms with Crippen molar-refractivity contribution in [3.05, 3.63) is 41.8 Å². The zero-order valence-corrected chi connectivity index (χ0v) is 12.2. The highest BCUT2D eigenvalue weighted by Crippen LogP contribution is 2.29. The number of halogens is 1. The first-order valence-electron chi connectivity index (χ1n) is 5.93. The van der Waals surface area contributed by atoms with Crippen molar-refractivity contribution in [2.45, 2.75) is 11.8 Å². The maximum Gasteiger partial charge on any atom is 0.266 e. The number of ether oxygens (including phenoxy) is 1. The Labute approximate surface area is 121 Å². The Morgan fingerprint density at radius 2 is 2.05 bits per heavy atom. The number of methoxy groups -OCH3 is 1. The van der Waals surface area contributed by atoms with Crippen LogP contribution in [0.25, 0.3) is 0 Å². The summed E-state index contributed by atoms with van der Waals surface area (Å²) in [5.74, 6) is -0.771. The SMILES string of the molecule is COc1cc(C)c(N)cc1S(=O)(=O)Nc1cccc(F)n1. The monoisotopic (exact) mass is 311 g/mol. The van der Waals surface area contributed by atoms with Gasteiger partial charge in [-0.05, 0) is 36.8 Å². The van der Waals surface area contributed by atoms with Gasteiger partial charge in [-0.15, -0.1) is 0 Å². The molecule has 21 heavy (non-hydrogen) atoms. The first-order chi connectivity index (χ1) is 9.83. The van der Waals surface area contributed by atoms with Crippen molar-refractivity contribution >= 4 is 21.5 Å².